The summed E-state index contributed by atoms with van der Waals surface area (Å²) in [6.45, 7) is 5.18. The van der Waals surface area contributed by atoms with Crippen LogP contribution in [0.2, 0.25) is 0 Å². The third kappa shape index (κ3) is 4.51. The number of hydrogen-bond donors (Lipinski definition) is 2. The minimum atomic E-state index is -0.0667. The third-order valence-electron chi connectivity index (χ3n) is 4.60. The van der Waals surface area contributed by atoms with Crippen molar-refractivity contribution in [2.45, 2.75) is 32.4 Å². The molecule has 2 amide bonds. The van der Waals surface area contributed by atoms with E-state index in [1.165, 1.54) is 11.3 Å². The van der Waals surface area contributed by atoms with Gasteiger partial charge in [0.15, 0.2) is 0 Å². The second-order valence-electron chi connectivity index (χ2n) is 6.50. The van der Waals surface area contributed by atoms with Crippen LogP contribution in [0.4, 0.5) is 0 Å². The smallest absolute Gasteiger partial charge is 0.261 e. The molecule has 1 unspecified atom stereocenters. The quantitative estimate of drug-likeness (QED) is 0.787. The average Bonchev–Trinajstić information content (AvgIpc) is 3.38. The molecule has 1 aromatic carbocycles. The van der Waals surface area contributed by atoms with Gasteiger partial charge in [-0.1, -0.05) is 25.1 Å². The zero-order valence-corrected chi connectivity index (χ0v) is 15.8. The van der Waals surface area contributed by atoms with E-state index in [0.29, 0.717) is 17.0 Å². The highest BCUT2D eigenvalue weighted by atomic mass is 32.1. The van der Waals surface area contributed by atoms with Crippen molar-refractivity contribution in [2.24, 2.45) is 0 Å². The topological polar surface area (TPSA) is 61.4 Å². The van der Waals surface area contributed by atoms with Crippen molar-refractivity contribution >= 4 is 23.2 Å². The Morgan fingerprint density at radius 3 is 2.69 bits per heavy atom. The van der Waals surface area contributed by atoms with E-state index in [2.05, 4.69) is 17.6 Å². The van der Waals surface area contributed by atoms with Gasteiger partial charge in [-0.15, -0.1) is 11.3 Å². The molecule has 138 valence electrons. The molecular formula is C20H25N3O2S. The molecule has 0 radical (unpaired) electrons. The minimum Gasteiger partial charge on any atom is -0.347 e. The monoisotopic (exact) mass is 371 g/mol. The van der Waals surface area contributed by atoms with Crippen molar-refractivity contribution < 1.29 is 9.59 Å². The molecule has 0 aliphatic carbocycles. The van der Waals surface area contributed by atoms with Crippen molar-refractivity contribution in [1.29, 1.82) is 0 Å². The van der Waals surface area contributed by atoms with Crippen LogP contribution in [-0.4, -0.2) is 42.4 Å². The molecule has 3 rings (SSSR count). The molecular weight excluding hydrogens is 346 g/mol. The van der Waals surface area contributed by atoms with Crippen LogP contribution >= 0.6 is 11.3 Å². The Morgan fingerprint density at radius 2 is 2.08 bits per heavy atom. The van der Waals surface area contributed by atoms with E-state index in [1.54, 1.807) is 0 Å². The molecule has 1 aromatic heterocycles. The second-order valence-corrected chi connectivity index (χ2v) is 7.45. The van der Waals surface area contributed by atoms with E-state index in [1.807, 2.05) is 46.7 Å². The average molecular weight is 372 g/mol. The van der Waals surface area contributed by atoms with Crippen LogP contribution in [0.1, 0.15) is 45.4 Å². The maximum Gasteiger partial charge on any atom is 0.261 e. The van der Waals surface area contributed by atoms with Crippen molar-refractivity contribution in [3.05, 3.63) is 57.8 Å². The molecule has 1 atom stereocenters. The van der Waals surface area contributed by atoms with Gasteiger partial charge in [-0.2, -0.15) is 0 Å². The van der Waals surface area contributed by atoms with Gasteiger partial charge in [-0.05, 0) is 48.5 Å². The van der Waals surface area contributed by atoms with Gasteiger partial charge < -0.3 is 15.5 Å². The van der Waals surface area contributed by atoms with E-state index in [-0.39, 0.29) is 17.9 Å². The fourth-order valence-corrected chi connectivity index (χ4v) is 3.84. The third-order valence-corrected chi connectivity index (χ3v) is 5.47. The molecule has 1 saturated heterocycles. The first kappa shape index (κ1) is 18.6. The van der Waals surface area contributed by atoms with Crippen molar-refractivity contribution in [3.8, 4) is 0 Å². The number of rotatable bonds is 7. The van der Waals surface area contributed by atoms with Gasteiger partial charge >= 0.3 is 0 Å². The fourth-order valence-electron chi connectivity index (χ4n) is 3.20. The van der Waals surface area contributed by atoms with Gasteiger partial charge in [0, 0.05) is 31.2 Å². The highest BCUT2D eigenvalue weighted by Gasteiger charge is 2.26. The lowest BCUT2D eigenvalue weighted by molar-refractivity contribution is 0.0692. The minimum absolute atomic E-state index is 0.0667. The van der Waals surface area contributed by atoms with E-state index in [0.717, 1.165) is 38.0 Å². The predicted octanol–water partition coefficient (Wildman–Crippen LogP) is 2.89. The number of benzene rings is 1. The maximum absolute atomic E-state index is 12.9. The Bertz CT molecular complexity index is 722. The predicted molar refractivity (Wildman–Crippen MR) is 105 cm³/mol. The number of hydrogen-bond acceptors (Lipinski definition) is 4. The molecule has 0 saturated carbocycles. The summed E-state index contributed by atoms with van der Waals surface area (Å²) in [5.74, 6) is 0.0257. The first-order valence-electron chi connectivity index (χ1n) is 9.11. The number of nitrogens with zero attached hydrogens (tertiary/aromatic N) is 1. The number of nitrogens with one attached hydrogen (secondary N) is 2. The van der Waals surface area contributed by atoms with Gasteiger partial charge in [0.1, 0.15) is 0 Å². The molecule has 0 bridgehead atoms. The molecule has 1 fully saturated rings. The van der Waals surface area contributed by atoms with Crippen LogP contribution in [0.25, 0.3) is 0 Å². The molecule has 2 aromatic rings. The van der Waals surface area contributed by atoms with E-state index < -0.39 is 0 Å². The summed E-state index contributed by atoms with van der Waals surface area (Å²) in [7, 11) is 0. The standard InChI is InChI=1S/C20H25N3O2S/c1-2-11-23(17-9-10-21-14-17)20(25)16-7-5-15(6-8-16)13-22-19(24)18-4-3-12-26-18/h3-8,12,17,21H,2,9-11,13-14H2,1H3,(H,22,24). The number of carbonyl (C=O) groups is 2. The zero-order valence-electron chi connectivity index (χ0n) is 15.0. The number of thiophene rings is 1. The summed E-state index contributed by atoms with van der Waals surface area (Å²) in [5, 5.41) is 8.12. The lowest BCUT2D eigenvalue weighted by atomic mass is 10.1. The fraction of sp³-hybridized carbons (Fsp3) is 0.400. The zero-order chi connectivity index (χ0) is 18.4. The molecule has 5 nitrogen and oxygen atoms in total. The van der Waals surface area contributed by atoms with Crippen LogP contribution in [0, 0.1) is 0 Å². The van der Waals surface area contributed by atoms with Gasteiger partial charge in [-0.3, -0.25) is 9.59 Å². The molecule has 2 heterocycles. The Labute approximate surface area is 158 Å². The Kier molecular flexibility index (Phi) is 6.41. The highest BCUT2D eigenvalue weighted by molar-refractivity contribution is 7.12. The first-order valence-corrected chi connectivity index (χ1v) is 9.99. The van der Waals surface area contributed by atoms with Gasteiger partial charge in [0.25, 0.3) is 11.8 Å². The van der Waals surface area contributed by atoms with E-state index >= 15 is 0 Å². The summed E-state index contributed by atoms with van der Waals surface area (Å²) in [5.41, 5.74) is 1.69. The van der Waals surface area contributed by atoms with Crippen LogP contribution < -0.4 is 10.6 Å². The molecule has 0 spiro atoms. The van der Waals surface area contributed by atoms with Gasteiger partial charge in [-0.25, -0.2) is 0 Å². The Hall–Kier alpha value is -2.18. The largest absolute Gasteiger partial charge is 0.347 e. The number of carbonyl (C=O) groups excluding carboxylic acids is 2. The van der Waals surface area contributed by atoms with Crippen LogP contribution in [-0.2, 0) is 6.54 Å². The van der Waals surface area contributed by atoms with Crippen LogP contribution in [0.15, 0.2) is 41.8 Å². The first-order chi connectivity index (χ1) is 12.7. The lowest BCUT2D eigenvalue weighted by Crippen LogP contribution is -2.42. The van der Waals surface area contributed by atoms with Crippen LogP contribution in [0.5, 0.6) is 0 Å². The SMILES string of the molecule is CCCN(C(=O)c1ccc(CNC(=O)c2cccs2)cc1)C1CCNC1. The van der Waals surface area contributed by atoms with Crippen LogP contribution in [0.3, 0.4) is 0 Å². The summed E-state index contributed by atoms with van der Waals surface area (Å²) in [6.07, 6.45) is 1.97. The maximum atomic E-state index is 12.9. The highest BCUT2D eigenvalue weighted by Crippen LogP contribution is 2.15. The van der Waals surface area contributed by atoms with E-state index in [4.69, 9.17) is 0 Å². The molecule has 1 aliphatic rings. The summed E-state index contributed by atoms with van der Waals surface area (Å²) in [4.78, 5) is 27.6. The van der Waals surface area contributed by atoms with E-state index in [9.17, 15) is 9.59 Å². The second kappa shape index (κ2) is 8.96. The van der Waals surface area contributed by atoms with Crippen molar-refractivity contribution in [3.63, 3.8) is 0 Å². The molecule has 26 heavy (non-hydrogen) atoms. The number of amides is 2. The normalized spacial score (nSPS) is 16.4. The molecule has 6 heteroatoms. The summed E-state index contributed by atoms with van der Waals surface area (Å²) in [6, 6.07) is 11.5. The summed E-state index contributed by atoms with van der Waals surface area (Å²) < 4.78 is 0. The molecule has 1 aliphatic heterocycles. The van der Waals surface area contributed by atoms with Gasteiger partial charge in [0.2, 0.25) is 0 Å². The molecule has 2 N–H and O–H groups in total. The van der Waals surface area contributed by atoms with Crippen molar-refractivity contribution in [2.75, 3.05) is 19.6 Å². The summed E-state index contributed by atoms with van der Waals surface area (Å²) >= 11 is 1.42. The Morgan fingerprint density at radius 1 is 1.27 bits per heavy atom. The lowest BCUT2D eigenvalue weighted by Gasteiger charge is -2.28. The Balaban J connectivity index is 1.60. The van der Waals surface area contributed by atoms with Crippen molar-refractivity contribution in [1.82, 2.24) is 15.5 Å². The van der Waals surface area contributed by atoms with Gasteiger partial charge in [0.05, 0.1) is 4.88 Å².